The molecule has 0 saturated carbocycles. The summed E-state index contributed by atoms with van der Waals surface area (Å²) in [6, 6.07) is 8.46. The predicted molar refractivity (Wildman–Crippen MR) is 67.6 cm³/mol. The van der Waals surface area contributed by atoms with Crippen LogP contribution >= 0.6 is 15.9 Å². The van der Waals surface area contributed by atoms with Gasteiger partial charge in [0.2, 0.25) is 0 Å². The minimum atomic E-state index is -0.293. The Hall–Kier alpha value is -1.42. The number of hydrogen-bond acceptors (Lipinski definition) is 1. The minimum Gasteiger partial charge on any atom is -0.341 e. The molecule has 0 bridgehead atoms. The van der Waals surface area contributed by atoms with Gasteiger partial charge in [0, 0.05) is 19.7 Å². The van der Waals surface area contributed by atoms with E-state index in [0.717, 1.165) is 5.56 Å². The van der Waals surface area contributed by atoms with Crippen LogP contribution < -0.4 is 0 Å². The van der Waals surface area contributed by atoms with Crippen molar-refractivity contribution in [2.24, 2.45) is 0 Å². The normalized spacial score (nSPS) is 10.5. The number of halogens is 2. The molecule has 4 heteroatoms. The maximum atomic E-state index is 13.3. The molecule has 0 unspecified atom stereocenters. The monoisotopic (exact) mass is 295 g/mol. The highest BCUT2D eigenvalue weighted by Gasteiger charge is 2.09. The fourth-order valence-electron chi connectivity index (χ4n) is 1.73. The Labute approximate surface area is 107 Å². The maximum Gasteiger partial charge on any atom is 0.176 e. The Bertz CT molecular complexity index is 562. The van der Waals surface area contributed by atoms with E-state index in [1.54, 1.807) is 12.1 Å². The summed E-state index contributed by atoms with van der Waals surface area (Å²) in [5.41, 5.74) is 1.44. The number of Topliss-reactive ketones (excluding diaryl/α,β-unsaturated/α-hetero) is 1. The van der Waals surface area contributed by atoms with Crippen LogP contribution in [-0.2, 0) is 6.54 Å². The van der Waals surface area contributed by atoms with Gasteiger partial charge in [-0.15, -0.1) is 0 Å². The van der Waals surface area contributed by atoms with Crippen LogP contribution in [0.2, 0.25) is 0 Å². The van der Waals surface area contributed by atoms with E-state index < -0.39 is 0 Å². The highest BCUT2D eigenvalue weighted by atomic mass is 79.9. The van der Waals surface area contributed by atoms with E-state index in [-0.39, 0.29) is 11.6 Å². The first-order chi connectivity index (χ1) is 8.09. The molecule has 0 amide bonds. The summed E-state index contributed by atoms with van der Waals surface area (Å²) in [5.74, 6) is -0.290. The highest BCUT2D eigenvalue weighted by Crippen LogP contribution is 2.22. The second kappa shape index (κ2) is 4.84. The first-order valence-corrected chi connectivity index (χ1v) is 5.98. The van der Waals surface area contributed by atoms with Crippen molar-refractivity contribution in [3.63, 3.8) is 0 Å². The first-order valence-electron chi connectivity index (χ1n) is 5.18. The van der Waals surface area contributed by atoms with Gasteiger partial charge in [0.05, 0.1) is 10.2 Å². The van der Waals surface area contributed by atoms with E-state index in [0.29, 0.717) is 16.7 Å². The molecule has 0 fully saturated rings. The molecule has 0 radical (unpaired) electrons. The Kier molecular flexibility index (Phi) is 3.43. The molecule has 0 aliphatic carbocycles. The zero-order valence-corrected chi connectivity index (χ0v) is 10.9. The van der Waals surface area contributed by atoms with Gasteiger partial charge in [0.1, 0.15) is 5.82 Å². The molecule has 0 aliphatic rings. The number of rotatable bonds is 3. The number of ketones is 1. The third-order valence-corrected chi connectivity index (χ3v) is 3.45. The molecule has 1 heterocycles. The first kappa shape index (κ1) is 12.0. The van der Waals surface area contributed by atoms with E-state index in [1.165, 1.54) is 13.0 Å². The summed E-state index contributed by atoms with van der Waals surface area (Å²) in [7, 11) is 0. The number of aromatic nitrogens is 1. The minimum absolute atomic E-state index is 0.00234. The fraction of sp³-hybridized carbons (Fsp3) is 0.154. The summed E-state index contributed by atoms with van der Waals surface area (Å²) in [6.07, 6.45) is 1.81. The molecule has 2 rings (SSSR count). The van der Waals surface area contributed by atoms with Gasteiger partial charge in [-0.2, -0.15) is 0 Å². The summed E-state index contributed by atoms with van der Waals surface area (Å²) in [6.45, 7) is 1.99. The zero-order valence-electron chi connectivity index (χ0n) is 9.28. The number of hydrogen-bond donors (Lipinski definition) is 0. The maximum absolute atomic E-state index is 13.3. The topological polar surface area (TPSA) is 22.0 Å². The Morgan fingerprint density at radius 2 is 2.12 bits per heavy atom. The van der Waals surface area contributed by atoms with E-state index >= 15 is 0 Å². The van der Waals surface area contributed by atoms with Crippen molar-refractivity contribution >= 4 is 21.7 Å². The largest absolute Gasteiger partial charge is 0.341 e. The van der Waals surface area contributed by atoms with Crippen LogP contribution in [0, 0.1) is 5.82 Å². The van der Waals surface area contributed by atoms with Gasteiger partial charge in [-0.25, -0.2) is 4.39 Å². The fourth-order valence-corrected chi connectivity index (χ4v) is 2.12. The third-order valence-electron chi connectivity index (χ3n) is 2.56. The van der Waals surface area contributed by atoms with Gasteiger partial charge in [0.15, 0.2) is 5.78 Å². The number of benzene rings is 1. The van der Waals surface area contributed by atoms with E-state index in [1.807, 2.05) is 22.9 Å². The zero-order chi connectivity index (χ0) is 12.4. The van der Waals surface area contributed by atoms with Crippen molar-refractivity contribution in [1.82, 2.24) is 4.57 Å². The quantitative estimate of drug-likeness (QED) is 0.793. The van der Waals surface area contributed by atoms with Crippen LogP contribution in [0.25, 0.3) is 0 Å². The van der Waals surface area contributed by atoms with Crippen LogP contribution in [0.3, 0.4) is 0 Å². The summed E-state index contributed by atoms with van der Waals surface area (Å²) in [4.78, 5) is 11.4. The molecule has 0 aliphatic heterocycles. The molecular weight excluding hydrogens is 285 g/mol. The number of carbonyl (C=O) groups excluding carboxylic acids is 1. The van der Waals surface area contributed by atoms with Gasteiger partial charge in [0.25, 0.3) is 0 Å². The molecule has 17 heavy (non-hydrogen) atoms. The van der Waals surface area contributed by atoms with E-state index in [9.17, 15) is 9.18 Å². The SMILES string of the molecule is CC(=O)c1cccn1Cc1cccc(F)c1Br. The molecule has 0 atom stereocenters. The Morgan fingerprint density at radius 3 is 2.82 bits per heavy atom. The van der Waals surface area contributed by atoms with Gasteiger partial charge in [-0.3, -0.25) is 4.79 Å². The molecule has 2 aromatic rings. The lowest BCUT2D eigenvalue weighted by Gasteiger charge is -2.09. The van der Waals surface area contributed by atoms with Gasteiger partial charge in [-0.1, -0.05) is 12.1 Å². The average molecular weight is 296 g/mol. The van der Waals surface area contributed by atoms with Crippen molar-refractivity contribution < 1.29 is 9.18 Å². The lowest BCUT2D eigenvalue weighted by Crippen LogP contribution is -2.07. The highest BCUT2D eigenvalue weighted by molar-refractivity contribution is 9.10. The van der Waals surface area contributed by atoms with Crippen LogP contribution in [0.4, 0.5) is 4.39 Å². The molecule has 2 nitrogen and oxygen atoms in total. The standard InChI is InChI=1S/C13H11BrFNO/c1-9(17)12-6-3-7-16(12)8-10-4-2-5-11(15)13(10)14/h2-7H,8H2,1H3. The van der Waals surface area contributed by atoms with E-state index in [2.05, 4.69) is 15.9 Å². The van der Waals surface area contributed by atoms with E-state index in [4.69, 9.17) is 0 Å². The molecule has 0 N–H and O–H groups in total. The Morgan fingerprint density at radius 1 is 1.35 bits per heavy atom. The lowest BCUT2D eigenvalue weighted by molar-refractivity contribution is 0.100. The second-order valence-electron chi connectivity index (χ2n) is 3.79. The van der Waals surface area contributed by atoms with Gasteiger partial charge in [-0.05, 0) is 39.7 Å². The summed E-state index contributed by atoms with van der Waals surface area (Å²) < 4.78 is 15.6. The predicted octanol–water partition coefficient (Wildman–Crippen LogP) is 3.64. The van der Waals surface area contributed by atoms with Crippen molar-refractivity contribution in [2.75, 3.05) is 0 Å². The molecular formula is C13H11BrFNO. The summed E-state index contributed by atoms with van der Waals surface area (Å²) in [5, 5.41) is 0. The van der Waals surface area contributed by atoms with Gasteiger partial charge < -0.3 is 4.57 Å². The van der Waals surface area contributed by atoms with Crippen LogP contribution in [0.5, 0.6) is 0 Å². The Balaban J connectivity index is 2.35. The van der Waals surface area contributed by atoms with Crippen molar-refractivity contribution in [3.05, 3.63) is 58.1 Å². The molecule has 1 aromatic heterocycles. The second-order valence-corrected chi connectivity index (χ2v) is 4.58. The lowest BCUT2D eigenvalue weighted by atomic mass is 10.2. The van der Waals surface area contributed by atoms with Gasteiger partial charge >= 0.3 is 0 Å². The van der Waals surface area contributed by atoms with Crippen LogP contribution in [0.1, 0.15) is 23.0 Å². The molecule has 0 saturated heterocycles. The van der Waals surface area contributed by atoms with Crippen molar-refractivity contribution in [1.29, 1.82) is 0 Å². The average Bonchev–Trinajstić information content (AvgIpc) is 2.73. The van der Waals surface area contributed by atoms with Crippen LogP contribution in [-0.4, -0.2) is 10.4 Å². The molecule has 0 spiro atoms. The smallest absolute Gasteiger partial charge is 0.176 e. The van der Waals surface area contributed by atoms with Crippen molar-refractivity contribution in [2.45, 2.75) is 13.5 Å². The number of carbonyl (C=O) groups is 1. The van der Waals surface area contributed by atoms with Crippen molar-refractivity contribution in [3.8, 4) is 0 Å². The third kappa shape index (κ3) is 2.47. The summed E-state index contributed by atoms with van der Waals surface area (Å²) >= 11 is 3.21. The molecule has 88 valence electrons. The number of nitrogens with zero attached hydrogens (tertiary/aromatic N) is 1. The van der Waals surface area contributed by atoms with Crippen LogP contribution in [0.15, 0.2) is 41.0 Å². The molecule has 1 aromatic carbocycles.